The summed E-state index contributed by atoms with van der Waals surface area (Å²) >= 11 is 2.83. The molecule has 4 rings (SSSR count). The Bertz CT molecular complexity index is 844. The summed E-state index contributed by atoms with van der Waals surface area (Å²) in [5, 5.41) is 0. The van der Waals surface area contributed by atoms with Crippen LogP contribution in [0.4, 0.5) is 0 Å². The minimum absolute atomic E-state index is 0.537. The van der Waals surface area contributed by atoms with Crippen LogP contribution in [-0.2, 0) is 9.84 Å². The van der Waals surface area contributed by atoms with Gasteiger partial charge < -0.3 is 0 Å². The summed E-state index contributed by atoms with van der Waals surface area (Å²) in [6.45, 7) is 0. The molecule has 2 heterocycles. The molecule has 2 unspecified atom stereocenters. The Balaban J connectivity index is 1.63. The third-order valence-electron chi connectivity index (χ3n) is 3.84. The predicted molar refractivity (Wildman–Crippen MR) is 99.2 cm³/mol. The monoisotopic (exact) mass is 358 g/mol. The molecule has 0 bridgehead atoms. The molecule has 0 radical (unpaired) electrons. The third-order valence-corrected chi connectivity index (χ3v) is 9.66. The van der Waals surface area contributed by atoms with E-state index in [1.807, 2.05) is 60.7 Å². The van der Waals surface area contributed by atoms with E-state index in [1.54, 1.807) is 12.2 Å². The first-order chi connectivity index (χ1) is 11.1. The van der Waals surface area contributed by atoms with E-state index < -0.39 is 19.0 Å². The lowest BCUT2D eigenvalue weighted by atomic mass is 10.2. The Morgan fingerprint density at radius 1 is 0.696 bits per heavy atom. The van der Waals surface area contributed by atoms with Crippen LogP contribution < -0.4 is 0 Å². The van der Waals surface area contributed by atoms with Gasteiger partial charge in [-0.2, -0.15) is 0 Å². The zero-order valence-electron chi connectivity index (χ0n) is 12.1. The average Bonchev–Trinajstić information content (AvgIpc) is 2.61. The van der Waals surface area contributed by atoms with Crippen LogP contribution in [0.15, 0.2) is 70.5 Å². The van der Waals surface area contributed by atoms with Crippen molar-refractivity contribution in [2.45, 2.75) is 19.0 Å². The van der Waals surface area contributed by atoms with Gasteiger partial charge in [-0.25, -0.2) is 8.42 Å². The second-order valence-electron chi connectivity index (χ2n) is 5.36. The molecule has 0 N–H and O–H groups in total. The second kappa shape index (κ2) is 5.89. The van der Waals surface area contributed by atoms with Crippen molar-refractivity contribution < 1.29 is 8.42 Å². The van der Waals surface area contributed by atoms with Crippen LogP contribution in [0.2, 0.25) is 0 Å². The molecule has 2 aliphatic heterocycles. The number of hydrogen-bond acceptors (Lipinski definition) is 4. The van der Waals surface area contributed by atoms with E-state index in [9.17, 15) is 8.42 Å². The van der Waals surface area contributed by atoms with Crippen molar-refractivity contribution in [2.75, 3.05) is 0 Å². The number of benzene rings is 2. The third kappa shape index (κ3) is 2.77. The van der Waals surface area contributed by atoms with Crippen LogP contribution in [0.1, 0.15) is 11.1 Å². The first-order valence-electron chi connectivity index (χ1n) is 7.25. The average molecular weight is 359 g/mol. The predicted octanol–water partition coefficient (Wildman–Crippen LogP) is 4.69. The van der Waals surface area contributed by atoms with Gasteiger partial charge >= 0.3 is 0 Å². The highest BCUT2D eigenvalue weighted by molar-refractivity contribution is 8.20. The van der Waals surface area contributed by atoms with Crippen molar-refractivity contribution in [2.24, 2.45) is 0 Å². The van der Waals surface area contributed by atoms with E-state index in [0.29, 0.717) is 0 Å². The molecule has 2 aromatic rings. The number of hydrogen-bond donors (Lipinski definition) is 0. The first kappa shape index (κ1) is 15.1. The van der Waals surface area contributed by atoms with Crippen molar-refractivity contribution in [1.82, 2.24) is 0 Å². The maximum absolute atomic E-state index is 13.0. The van der Waals surface area contributed by atoms with Gasteiger partial charge in [0.1, 0.15) is 9.16 Å². The lowest BCUT2D eigenvalue weighted by Crippen LogP contribution is -2.27. The van der Waals surface area contributed by atoms with Crippen LogP contribution >= 0.6 is 23.5 Å². The van der Waals surface area contributed by atoms with Gasteiger partial charge in [-0.15, -0.1) is 23.5 Å². The molecular formula is C18H14O2S3. The highest BCUT2D eigenvalue weighted by Crippen LogP contribution is 2.42. The molecule has 23 heavy (non-hydrogen) atoms. The second-order valence-corrected chi connectivity index (χ2v) is 10.5. The van der Waals surface area contributed by atoms with Crippen molar-refractivity contribution in [1.29, 1.82) is 0 Å². The van der Waals surface area contributed by atoms with Crippen molar-refractivity contribution in [3.8, 4) is 0 Å². The normalized spacial score (nSPS) is 22.4. The van der Waals surface area contributed by atoms with Gasteiger partial charge in [-0.05, 0) is 23.3 Å². The molecule has 2 nitrogen and oxygen atoms in total. The summed E-state index contributed by atoms with van der Waals surface area (Å²) in [6, 6.07) is 15.8. The summed E-state index contributed by atoms with van der Waals surface area (Å²) in [5.41, 5.74) is 2.17. The molecule has 116 valence electrons. The Morgan fingerprint density at radius 3 is 1.61 bits per heavy atom. The number of rotatable bonds is 2. The number of thioether (sulfide) groups is 2. The van der Waals surface area contributed by atoms with Crippen molar-refractivity contribution in [3.63, 3.8) is 0 Å². The van der Waals surface area contributed by atoms with Gasteiger partial charge in [0.25, 0.3) is 0 Å². The van der Waals surface area contributed by atoms with E-state index in [4.69, 9.17) is 0 Å². The molecule has 0 spiro atoms. The molecule has 2 aromatic carbocycles. The molecule has 0 aromatic heterocycles. The molecular weight excluding hydrogens is 344 g/mol. The maximum Gasteiger partial charge on any atom is 0.182 e. The zero-order valence-corrected chi connectivity index (χ0v) is 14.6. The summed E-state index contributed by atoms with van der Waals surface area (Å²) in [6.07, 6.45) is 7.44. The van der Waals surface area contributed by atoms with Crippen LogP contribution in [-0.4, -0.2) is 17.6 Å². The van der Waals surface area contributed by atoms with Gasteiger partial charge in [0.2, 0.25) is 0 Å². The van der Waals surface area contributed by atoms with E-state index in [-0.39, 0.29) is 0 Å². The van der Waals surface area contributed by atoms with Crippen LogP contribution in [0.25, 0.3) is 12.2 Å². The fourth-order valence-corrected chi connectivity index (χ4v) is 7.79. The highest BCUT2D eigenvalue weighted by atomic mass is 32.3. The van der Waals surface area contributed by atoms with Crippen LogP contribution in [0.5, 0.6) is 0 Å². The van der Waals surface area contributed by atoms with Crippen LogP contribution in [0, 0.1) is 0 Å². The van der Waals surface area contributed by atoms with Gasteiger partial charge in [-0.1, -0.05) is 60.7 Å². The van der Waals surface area contributed by atoms with Gasteiger partial charge in [0.05, 0.1) is 0 Å². The smallest absolute Gasteiger partial charge is 0.182 e. The minimum atomic E-state index is -3.32. The lowest BCUT2D eigenvalue weighted by molar-refractivity contribution is 0.598. The quantitative estimate of drug-likeness (QED) is 0.780. The van der Waals surface area contributed by atoms with E-state index in [0.717, 1.165) is 20.9 Å². The van der Waals surface area contributed by atoms with E-state index in [1.165, 1.54) is 23.5 Å². The Hall–Kier alpha value is -1.43. The Labute approximate surface area is 144 Å². The SMILES string of the molecule is O=S(=O)(C1C=Cc2ccccc2S1)C1C=Cc2ccccc2S1. The largest absolute Gasteiger partial charge is 0.226 e. The van der Waals surface area contributed by atoms with E-state index >= 15 is 0 Å². The van der Waals surface area contributed by atoms with Gasteiger partial charge in [0.15, 0.2) is 9.84 Å². The van der Waals surface area contributed by atoms with Crippen LogP contribution in [0.3, 0.4) is 0 Å². The van der Waals surface area contributed by atoms with Gasteiger partial charge in [0, 0.05) is 9.79 Å². The summed E-state index contributed by atoms with van der Waals surface area (Å²) < 4.78 is 25.0. The standard InChI is InChI=1S/C18H14O2S3/c19-23(20,17-11-9-13-5-1-3-7-15(13)21-17)18-12-10-14-6-2-4-8-16(14)22-18/h1-12,17-18H. The van der Waals surface area contributed by atoms with Gasteiger partial charge in [-0.3, -0.25) is 0 Å². The molecule has 5 heteroatoms. The molecule has 0 saturated heterocycles. The number of sulfone groups is 1. The maximum atomic E-state index is 13.0. The molecule has 0 saturated carbocycles. The van der Waals surface area contributed by atoms with E-state index in [2.05, 4.69) is 0 Å². The summed E-state index contributed by atoms with van der Waals surface area (Å²) in [7, 11) is -3.32. The molecule has 2 aliphatic rings. The Kier molecular flexibility index (Phi) is 3.87. The highest BCUT2D eigenvalue weighted by Gasteiger charge is 2.35. The minimum Gasteiger partial charge on any atom is -0.226 e. The molecule has 0 aliphatic carbocycles. The zero-order chi connectivity index (χ0) is 15.9. The molecule has 0 fully saturated rings. The lowest BCUT2D eigenvalue weighted by Gasteiger charge is -2.25. The summed E-state index contributed by atoms with van der Waals surface area (Å²) in [4.78, 5) is 2.04. The topological polar surface area (TPSA) is 34.1 Å². The Morgan fingerprint density at radius 2 is 1.13 bits per heavy atom. The fraction of sp³-hybridized carbons (Fsp3) is 0.111. The van der Waals surface area contributed by atoms with Crippen molar-refractivity contribution >= 4 is 45.5 Å². The van der Waals surface area contributed by atoms with Crippen molar-refractivity contribution in [3.05, 3.63) is 71.8 Å². The number of fused-ring (bicyclic) bond motifs is 2. The fourth-order valence-electron chi connectivity index (χ4n) is 2.63. The molecule has 2 atom stereocenters. The molecule has 0 amide bonds. The summed E-state index contributed by atoms with van der Waals surface area (Å²) in [5.74, 6) is 0. The first-order valence-corrected chi connectivity index (χ1v) is 10.6.